The SMILES string of the molecule is Cc1ccc(Cn2cc(C(=O)N[C@H]3CCCC[C@@H]3O)c3ncccc32)nc1. The molecule has 0 spiro atoms. The maximum atomic E-state index is 12.9. The molecule has 0 radical (unpaired) electrons. The van der Waals surface area contributed by atoms with Crippen molar-refractivity contribution in [3.05, 3.63) is 59.7 Å². The first-order valence-corrected chi connectivity index (χ1v) is 9.46. The number of aliphatic hydroxyl groups is 1. The van der Waals surface area contributed by atoms with E-state index in [9.17, 15) is 9.90 Å². The normalized spacial score (nSPS) is 19.9. The van der Waals surface area contributed by atoms with E-state index in [0.29, 0.717) is 17.6 Å². The molecule has 27 heavy (non-hydrogen) atoms. The molecule has 6 nitrogen and oxygen atoms in total. The van der Waals surface area contributed by atoms with Gasteiger partial charge < -0.3 is 15.0 Å². The smallest absolute Gasteiger partial charge is 0.255 e. The van der Waals surface area contributed by atoms with Gasteiger partial charge in [-0.15, -0.1) is 0 Å². The maximum absolute atomic E-state index is 12.9. The van der Waals surface area contributed by atoms with Crippen LogP contribution in [0.3, 0.4) is 0 Å². The molecule has 2 atom stereocenters. The molecule has 4 rings (SSSR count). The number of hydrogen-bond donors (Lipinski definition) is 2. The number of pyridine rings is 2. The molecule has 3 aromatic heterocycles. The Balaban J connectivity index is 1.63. The van der Waals surface area contributed by atoms with Crippen LogP contribution < -0.4 is 5.32 Å². The molecule has 3 aromatic rings. The van der Waals surface area contributed by atoms with Crippen molar-refractivity contribution in [2.45, 2.75) is 51.3 Å². The number of nitrogens with zero attached hydrogens (tertiary/aromatic N) is 3. The second-order valence-corrected chi connectivity index (χ2v) is 7.30. The average molecular weight is 364 g/mol. The average Bonchev–Trinajstić information content (AvgIpc) is 3.04. The van der Waals surface area contributed by atoms with Crippen LogP contribution in [-0.4, -0.2) is 37.7 Å². The van der Waals surface area contributed by atoms with E-state index < -0.39 is 6.10 Å². The molecule has 1 aliphatic carbocycles. The largest absolute Gasteiger partial charge is 0.391 e. The topological polar surface area (TPSA) is 80.0 Å². The molecule has 1 aliphatic rings. The molecule has 0 saturated heterocycles. The number of aliphatic hydroxyl groups excluding tert-OH is 1. The van der Waals surface area contributed by atoms with Gasteiger partial charge in [0.1, 0.15) is 5.52 Å². The number of aryl methyl sites for hydroxylation is 1. The summed E-state index contributed by atoms with van der Waals surface area (Å²) in [6, 6.07) is 7.67. The van der Waals surface area contributed by atoms with Gasteiger partial charge in [0.15, 0.2) is 0 Å². The fourth-order valence-electron chi connectivity index (χ4n) is 3.71. The molecule has 0 unspecified atom stereocenters. The Morgan fingerprint density at radius 3 is 2.89 bits per heavy atom. The van der Waals surface area contributed by atoms with E-state index in [1.165, 1.54) is 0 Å². The Hall–Kier alpha value is -2.73. The maximum Gasteiger partial charge on any atom is 0.255 e. The fraction of sp³-hybridized carbons (Fsp3) is 0.381. The van der Waals surface area contributed by atoms with Crippen LogP contribution in [-0.2, 0) is 6.54 Å². The van der Waals surface area contributed by atoms with E-state index in [4.69, 9.17) is 0 Å². The van der Waals surface area contributed by atoms with Gasteiger partial charge in [0.25, 0.3) is 5.91 Å². The van der Waals surface area contributed by atoms with Gasteiger partial charge in [-0.1, -0.05) is 18.9 Å². The Morgan fingerprint density at radius 2 is 2.11 bits per heavy atom. The first-order chi connectivity index (χ1) is 13.1. The number of carbonyl (C=O) groups is 1. The van der Waals surface area contributed by atoms with Crippen LogP contribution in [0.15, 0.2) is 42.9 Å². The van der Waals surface area contributed by atoms with Crippen LogP contribution in [0.25, 0.3) is 11.0 Å². The van der Waals surface area contributed by atoms with Gasteiger partial charge in [-0.25, -0.2) is 0 Å². The summed E-state index contributed by atoms with van der Waals surface area (Å²) in [6.45, 7) is 2.58. The third-order valence-corrected chi connectivity index (χ3v) is 5.23. The predicted octanol–water partition coefficient (Wildman–Crippen LogP) is 2.82. The zero-order chi connectivity index (χ0) is 18.8. The lowest BCUT2D eigenvalue weighted by Crippen LogP contribution is -2.45. The van der Waals surface area contributed by atoms with Crippen molar-refractivity contribution in [1.82, 2.24) is 19.9 Å². The van der Waals surface area contributed by atoms with E-state index in [-0.39, 0.29) is 11.9 Å². The zero-order valence-electron chi connectivity index (χ0n) is 15.4. The van der Waals surface area contributed by atoms with E-state index in [0.717, 1.165) is 42.5 Å². The lowest BCUT2D eigenvalue weighted by molar-refractivity contribution is 0.0718. The first-order valence-electron chi connectivity index (χ1n) is 9.46. The molecule has 140 valence electrons. The highest BCUT2D eigenvalue weighted by molar-refractivity contribution is 6.05. The molecule has 0 bridgehead atoms. The van der Waals surface area contributed by atoms with Crippen LogP contribution >= 0.6 is 0 Å². The van der Waals surface area contributed by atoms with Crippen LogP contribution in [0, 0.1) is 6.92 Å². The summed E-state index contributed by atoms with van der Waals surface area (Å²) in [5, 5.41) is 13.2. The molecule has 1 amide bonds. The number of rotatable bonds is 4. The predicted molar refractivity (Wildman–Crippen MR) is 104 cm³/mol. The van der Waals surface area contributed by atoms with Crippen LogP contribution in [0.1, 0.15) is 47.3 Å². The molecule has 3 heterocycles. The number of aromatic nitrogens is 3. The summed E-state index contributed by atoms with van der Waals surface area (Å²) in [7, 11) is 0. The Kier molecular flexibility index (Phi) is 4.90. The Bertz CT molecular complexity index is 948. The second kappa shape index (κ2) is 7.48. The summed E-state index contributed by atoms with van der Waals surface area (Å²) >= 11 is 0. The molecule has 0 aliphatic heterocycles. The fourth-order valence-corrected chi connectivity index (χ4v) is 3.71. The summed E-state index contributed by atoms with van der Waals surface area (Å²) in [4.78, 5) is 21.8. The minimum atomic E-state index is -0.472. The highest BCUT2D eigenvalue weighted by atomic mass is 16.3. The van der Waals surface area contributed by atoms with E-state index >= 15 is 0 Å². The molecular weight excluding hydrogens is 340 g/mol. The highest BCUT2D eigenvalue weighted by Gasteiger charge is 2.26. The monoisotopic (exact) mass is 364 g/mol. The van der Waals surface area contributed by atoms with E-state index in [2.05, 4.69) is 15.3 Å². The van der Waals surface area contributed by atoms with Crippen molar-refractivity contribution in [2.75, 3.05) is 0 Å². The van der Waals surface area contributed by atoms with Gasteiger partial charge in [0.2, 0.25) is 0 Å². The summed E-state index contributed by atoms with van der Waals surface area (Å²) < 4.78 is 2.01. The molecule has 6 heteroatoms. The first kappa shape index (κ1) is 17.7. The third-order valence-electron chi connectivity index (χ3n) is 5.23. The van der Waals surface area contributed by atoms with Crippen LogP contribution in [0.4, 0.5) is 0 Å². The molecular formula is C21H24N4O2. The molecule has 2 N–H and O–H groups in total. The van der Waals surface area contributed by atoms with Gasteiger partial charge in [-0.2, -0.15) is 0 Å². The highest BCUT2D eigenvalue weighted by Crippen LogP contribution is 2.22. The number of amides is 1. The van der Waals surface area contributed by atoms with E-state index in [1.807, 2.05) is 48.1 Å². The van der Waals surface area contributed by atoms with Crippen molar-refractivity contribution in [1.29, 1.82) is 0 Å². The lowest BCUT2D eigenvalue weighted by Gasteiger charge is -2.28. The number of hydrogen-bond acceptors (Lipinski definition) is 4. The van der Waals surface area contributed by atoms with Crippen molar-refractivity contribution >= 4 is 16.9 Å². The number of nitrogens with one attached hydrogen (secondary N) is 1. The number of fused-ring (bicyclic) bond motifs is 1. The molecule has 0 aromatic carbocycles. The van der Waals surface area contributed by atoms with Gasteiger partial charge in [-0.05, 0) is 43.5 Å². The minimum absolute atomic E-state index is 0.180. The van der Waals surface area contributed by atoms with Gasteiger partial charge in [0.05, 0.1) is 35.5 Å². The quantitative estimate of drug-likeness (QED) is 0.746. The summed E-state index contributed by atoms with van der Waals surface area (Å²) in [6.07, 6.45) is 8.50. The van der Waals surface area contributed by atoms with Gasteiger partial charge >= 0.3 is 0 Å². The van der Waals surface area contributed by atoms with Gasteiger partial charge in [0, 0.05) is 18.6 Å². The minimum Gasteiger partial charge on any atom is -0.391 e. The lowest BCUT2D eigenvalue weighted by atomic mass is 9.92. The van der Waals surface area contributed by atoms with Crippen LogP contribution in [0.5, 0.6) is 0 Å². The van der Waals surface area contributed by atoms with E-state index in [1.54, 1.807) is 6.20 Å². The molecule has 1 saturated carbocycles. The Morgan fingerprint density at radius 1 is 1.26 bits per heavy atom. The van der Waals surface area contributed by atoms with Crippen molar-refractivity contribution in [2.24, 2.45) is 0 Å². The Labute approximate surface area is 158 Å². The zero-order valence-corrected chi connectivity index (χ0v) is 15.4. The standard InChI is InChI=1S/C21H24N4O2/c1-14-8-9-15(23-11-14)12-25-13-16(20-18(25)6-4-10-22-20)21(27)24-17-5-2-3-7-19(17)26/h4,6,8-11,13,17,19,26H,2-3,5,7,12H2,1H3,(H,24,27)/t17-,19-/m0/s1. The van der Waals surface area contributed by atoms with Gasteiger partial charge in [-0.3, -0.25) is 14.8 Å². The van der Waals surface area contributed by atoms with Crippen LogP contribution in [0.2, 0.25) is 0 Å². The number of carbonyl (C=O) groups excluding carboxylic acids is 1. The second-order valence-electron chi connectivity index (χ2n) is 7.30. The molecule has 1 fully saturated rings. The van der Waals surface area contributed by atoms with Crippen molar-refractivity contribution in [3.63, 3.8) is 0 Å². The van der Waals surface area contributed by atoms with Crippen molar-refractivity contribution < 1.29 is 9.90 Å². The summed E-state index contributed by atoms with van der Waals surface area (Å²) in [5.41, 5.74) is 4.15. The summed E-state index contributed by atoms with van der Waals surface area (Å²) in [5.74, 6) is -0.180. The van der Waals surface area contributed by atoms with Crippen molar-refractivity contribution in [3.8, 4) is 0 Å². The third kappa shape index (κ3) is 3.71.